The fourth-order valence-electron chi connectivity index (χ4n) is 2.74. The van der Waals surface area contributed by atoms with E-state index in [4.69, 9.17) is 4.74 Å². The van der Waals surface area contributed by atoms with E-state index >= 15 is 0 Å². The number of carbonyl (C=O) groups is 1. The van der Waals surface area contributed by atoms with Crippen molar-refractivity contribution in [3.8, 4) is 5.88 Å². The van der Waals surface area contributed by atoms with Gasteiger partial charge in [-0.15, -0.1) is 17.5 Å². The number of aromatic nitrogens is 2. The van der Waals surface area contributed by atoms with Crippen LogP contribution in [0.1, 0.15) is 37.0 Å². The summed E-state index contributed by atoms with van der Waals surface area (Å²) in [5.74, 6) is 0.322. The van der Waals surface area contributed by atoms with Crippen molar-refractivity contribution in [2.24, 2.45) is 0 Å². The summed E-state index contributed by atoms with van der Waals surface area (Å²) in [6, 6.07) is 7.61. The summed E-state index contributed by atoms with van der Waals surface area (Å²) in [4.78, 5) is 12.6. The van der Waals surface area contributed by atoms with Crippen LogP contribution in [0.4, 0.5) is 5.82 Å². The van der Waals surface area contributed by atoms with Crippen molar-refractivity contribution in [1.82, 2.24) is 14.5 Å². The SMILES string of the molecule is CC(C)Oc1cc(NC(=O)c2cccc(S(=O)(=O)N3CCCC3)c2)[nH]n1.Cl. The fraction of sp³-hybridized carbons (Fsp3) is 0.412. The summed E-state index contributed by atoms with van der Waals surface area (Å²) < 4.78 is 32.1. The van der Waals surface area contributed by atoms with Crippen LogP contribution < -0.4 is 10.1 Å². The third-order valence-electron chi connectivity index (χ3n) is 3.96. The molecule has 1 saturated heterocycles. The molecular formula is C17H23ClN4O4S. The molecule has 2 N–H and O–H groups in total. The van der Waals surface area contributed by atoms with Gasteiger partial charge in [-0.05, 0) is 44.9 Å². The Bertz CT molecular complexity index is 892. The molecule has 0 bridgehead atoms. The second-order valence-electron chi connectivity index (χ2n) is 6.38. The molecule has 0 radical (unpaired) electrons. The van der Waals surface area contributed by atoms with Crippen LogP contribution >= 0.6 is 12.4 Å². The standard InChI is InChI=1S/C17H22N4O4S.ClH/c1-12(2)25-16-11-15(19-20-16)18-17(22)13-6-5-7-14(10-13)26(23,24)21-8-3-4-9-21;/h5-7,10-12H,3-4,8-9H2,1-2H3,(H2,18,19,20,22);1H. The molecule has 0 aliphatic carbocycles. The Morgan fingerprint density at radius 2 is 1.96 bits per heavy atom. The number of sulfonamides is 1. The van der Waals surface area contributed by atoms with E-state index in [0.29, 0.717) is 24.8 Å². The van der Waals surface area contributed by atoms with Crippen LogP contribution in [-0.4, -0.2) is 48.0 Å². The molecule has 27 heavy (non-hydrogen) atoms. The van der Waals surface area contributed by atoms with E-state index in [-0.39, 0.29) is 29.0 Å². The largest absolute Gasteiger partial charge is 0.474 e. The van der Waals surface area contributed by atoms with Crippen molar-refractivity contribution in [2.75, 3.05) is 18.4 Å². The number of nitrogens with one attached hydrogen (secondary N) is 2. The van der Waals surface area contributed by atoms with Crippen molar-refractivity contribution < 1.29 is 17.9 Å². The number of halogens is 1. The molecule has 1 amide bonds. The highest BCUT2D eigenvalue weighted by Gasteiger charge is 2.27. The third-order valence-corrected chi connectivity index (χ3v) is 5.85. The molecule has 1 aliphatic rings. The number of ether oxygens (including phenoxy) is 1. The van der Waals surface area contributed by atoms with Crippen LogP contribution in [0, 0.1) is 0 Å². The maximum Gasteiger partial charge on any atom is 0.256 e. The molecule has 0 atom stereocenters. The highest BCUT2D eigenvalue weighted by Crippen LogP contribution is 2.22. The number of anilines is 1. The smallest absolute Gasteiger partial charge is 0.256 e. The Kier molecular flexibility index (Phi) is 6.85. The Balaban J connectivity index is 0.00000261. The molecule has 1 fully saturated rings. The van der Waals surface area contributed by atoms with Gasteiger partial charge in [-0.2, -0.15) is 4.31 Å². The first-order valence-corrected chi connectivity index (χ1v) is 9.94. The molecule has 0 saturated carbocycles. The van der Waals surface area contributed by atoms with Crippen LogP contribution in [0.2, 0.25) is 0 Å². The average Bonchev–Trinajstić information content (AvgIpc) is 3.27. The molecule has 148 valence electrons. The lowest BCUT2D eigenvalue weighted by Crippen LogP contribution is -2.28. The summed E-state index contributed by atoms with van der Waals surface area (Å²) in [5.41, 5.74) is 0.256. The quantitative estimate of drug-likeness (QED) is 0.756. The highest BCUT2D eigenvalue weighted by atomic mass is 35.5. The van der Waals surface area contributed by atoms with Crippen molar-refractivity contribution >= 4 is 34.2 Å². The van der Waals surface area contributed by atoms with Crippen molar-refractivity contribution in [3.63, 3.8) is 0 Å². The van der Waals surface area contributed by atoms with Gasteiger partial charge in [0.25, 0.3) is 5.91 Å². The van der Waals surface area contributed by atoms with Crippen molar-refractivity contribution in [1.29, 1.82) is 0 Å². The van der Waals surface area contributed by atoms with Gasteiger partial charge in [-0.1, -0.05) is 6.07 Å². The van der Waals surface area contributed by atoms with Gasteiger partial charge in [0.1, 0.15) is 5.82 Å². The zero-order chi connectivity index (χ0) is 18.7. The Morgan fingerprint density at radius 3 is 2.63 bits per heavy atom. The predicted molar refractivity (Wildman–Crippen MR) is 104 cm³/mol. The van der Waals surface area contributed by atoms with E-state index in [9.17, 15) is 13.2 Å². The van der Waals surface area contributed by atoms with E-state index in [1.165, 1.54) is 16.4 Å². The summed E-state index contributed by atoms with van der Waals surface area (Å²) in [7, 11) is -3.56. The minimum absolute atomic E-state index is 0. The van der Waals surface area contributed by atoms with E-state index in [1.54, 1.807) is 18.2 Å². The number of benzene rings is 1. The number of hydrogen-bond donors (Lipinski definition) is 2. The number of amides is 1. The molecule has 10 heteroatoms. The Hall–Kier alpha value is -2.10. The van der Waals surface area contributed by atoms with Gasteiger partial charge in [-0.3, -0.25) is 9.89 Å². The Morgan fingerprint density at radius 1 is 1.26 bits per heavy atom. The molecule has 2 aromatic rings. The van der Waals surface area contributed by atoms with Crippen LogP contribution in [0.5, 0.6) is 5.88 Å². The first-order chi connectivity index (χ1) is 12.4. The number of rotatable bonds is 6. The molecule has 1 aromatic carbocycles. The zero-order valence-electron chi connectivity index (χ0n) is 15.1. The lowest BCUT2D eigenvalue weighted by atomic mass is 10.2. The second-order valence-corrected chi connectivity index (χ2v) is 8.32. The highest BCUT2D eigenvalue weighted by molar-refractivity contribution is 7.89. The summed E-state index contributed by atoms with van der Waals surface area (Å²) in [6.07, 6.45) is 1.69. The molecule has 0 spiro atoms. The average molecular weight is 415 g/mol. The van der Waals surface area contributed by atoms with E-state index in [0.717, 1.165) is 12.8 Å². The number of H-pyrrole nitrogens is 1. The molecule has 8 nitrogen and oxygen atoms in total. The minimum Gasteiger partial charge on any atom is -0.474 e. The molecule has 1 aliphatic heterocycles. The van der Waals surface area contributed by atoms with E-state index in [1.807, 2.05) is 13.8 Å². The van der Waals surface area contributed by atoms with Gasteiger partial charge in [-0.25, -0.2) is 8.42 Å². The first-order valence-electron chi connectivity index (χ1n) is 8.50. The van der Waals surface area contributed by atoms with Crippen LogP contribution in [0.15, 0.2) is 35.2 Å². The van der Waals surface area contributed by atoms with Gasteiger partial charge >= 0.3 is 0 Å². The fourth-order valence-corrected chi connectivity index (χ4v) is 4.30. The molecule has 2 heterocycles. The number of nitrogens with zero attached hydrogens (tertiary/aromatic N) is 2. The molecule has 1 aromatic heterocycles. The minimum atomic E-state index is -3.56. The van der Waals surface area contributed by atoms with Gasteiger partial charge in [0.15, 0.2) is 0 Å². The van der Waals surface area contributed by atoms with Crippen LogP contribution in [-0.2, 0) is 10.0 Å². The maximum absolute atomic E-state index is 12.6. The number of carbonyl (C=O) groups excluding carboxylic acids is 1. The lowest BCUT2D eigenvalue weighted by molar-refractivity contribution is 0.102. The van der Waals surface area contributed by atoms with E-state index in [2.05, 4.69) is 15.5 Å². The molecular weight excluding hydrogens is 392 g/mol. The maximum atomic E-state index is 12.6. The van der Waals surface area contributed by atoms with Crippen LogP contribution in [0.3, 0.4) is 0 Å². The second kappa shape index (κ2) is 8.73. The van der Waals surface area contributed by atoms with Gasteiger partial charge in [0.05, 0.1) is 11.0 Å². The van der Waals surface area contributed by atoms with Crippen LogP contribution in [0.25, 0.3) is 0 Å². The van der Waals surface area contributed by atoms with E-state index < -0.39 is 15.9 Å². The predicted octanol–water partition coefficient (Wildman–Crippen LogP) is 2.66. The monoisotopic (exact) mass is 414 g/mol. The molecule has 3 rings (SSSR count). The van der Waals surface area contributed by atoms with Gasteiger partial charge in [0, 0.05) is 24.7 Å². The number of aromatic amines is 1. The van der Waals surface area contributed by atoms with Crippen molar-refractivity contribution in [2.45, 2.75) is 37.7 Å². The topological polar surface area (TPSA) is 104 Å². The summed E-state index contributed by atoms with van der Waals surface area (Å²) in [5, 5.41) is 9.27. The Labute approximate surface area is 164 Å². The van der Waals surface area contributed by atoms with Gasteiger partial charge in [0.2, 0.25) is 15.9 Å². The zero-order valence-corrected chi connectivity index (χ0v) is 16.8. The van der Waals surface area contributed by atoms with Gasteiger partial charge < -0.3 is 10.1 Å². The number of hydrogen-bond acceptors (Lipinski definition) is 5. The third kappa shape index (κ3) is 5.00. The summed E-state index contributed by atoms with van der Waals surface area (Å²) in [6.45, 7) is 4.79. The molecule has 0 unspecified atom stereocenters. The summed E-state index contributed by atoms with van der Waals surface area (Å²) >= 11 is 0. The van der Waals surface area contributed by atoms with Crippen molar-refractivity contribution in [3.05, 3.63) is 35.9 Å². The first kappa shape index (κ1) is 21.2. The lowest BCUT2D eigenvalue weighted by Gasteiger charge is -2.15. The normalized spacial score (nSPS) is 14.8.